The standard InChI is InChI=1S/C20H35N3O2S/c1-2-26(24,25)23(19-15-11-7-3-5-9-13-17-21)20-16-12-8-4-6-10-14-18-22/h2H,1,3-16,19-20H2. The van der Waals surface area contributed by atoms with Gasteiger partial charge in [-0.05, 0) is 25.7 Å². The molecule has 6 heteroatoms. The number of hydrogen-bond acceptors (Lipinski definition) is 4. The van der Waals surface area contributed by atoms with Crippen LogP contribution in [-0.2, 0) is 10.0 Å². The first-order valence-corrected chi connectivity index (χ1v) is 11.4. The van der Waals surface area contributed by atoms with Crippen LogP contribution in [0.3, 0.4) is 0 Å². The molecule has 0 heterocycles. The van der Waals surface area contributed by atoms with Crippen LogP contribution in [-0.4, -0.2) is 25.8 Å². The Morgan fingerprint density at radius 1 is 0.692 bits per heavy atom. The Labute approximate surface area is 160 Å². The van der Waals surface area contributed by atoms with Gasteiger partial charge in [0.1, 0.15) is 0 Å². The summed E-state index contributed by atoms with van der Waals surface area (Å²) in [7, 11) is -3.34. The highest BCUT2D eigenvalue weighted by molar-refractivity contribution is 7.92. The highest BCUT2D eigenvalue weighted by Crippen LogP contribution is 2.13. The van der Waals surface area contributed by atoms with Crippen molar-refractivity contribution in [1.29, 1.82) is 10.5 Å². The average molecular weight is 382 g/mol. The van der Waals surface area contributed by atoms with Crippen LogP contribution in [0.4, 0.5) is 0 Å². The summed E-state index contributed by atoms with van der Waals surface area (Å²) in [6, 6.07) is 4.31. The number of sulfonamides is 1. The molecule has 0 aliphatic rings. The lowest BCUT2D eigenvalue weighted by atomic mass is 10.1. The molecule has 0 unspecified atom stereocenters. The van der Waals surface area contributed by atoms with Gasteiger partial charge in [0.2, 0.25) is 10.0 Å². The summed E-state index contributed by atoms with van der Waals surface area (Å²) in [6.07, 6.45) is 13.5. The molecule has 0 radical (unpaired) electrons. The molecule has 0 aromatic carbocycles. The summed E-state index contributed by atoms with van der Waals surface area (Å²) in [5, 5.41) is 18.0. The topological polar surface area (TPSA) is 85.0 Å². The molecule has 148 valence electrons. The van der Waals surface area contributed by atoms with Crippen LogP contribution in [0.1, 0.15) is 89.9 Å². The molecule has 0 atom stereocenters. The number of nitrogens with zero attached hydrogens (tertiary/aromatic N) is 3. The molecule has 5 nitrogen and oxygen atoms in total. The predicted octanol–water partition coefficient (Wildman–Crippen LogP) is 5.27. The Hall–Kier alpha value is -1.37. The van der Waals surface area contributed by atoms with Gasteiger partial charge in [-0.25, -0.2) is 8.42 Å². The second kappa shape index (κ2) is 17.1. The van der Waals surface area contributed by atoms with Gasteiger partial charge in [0, 0.05) is 31.3 Å². The molecule has 0 aliphatic heterocycles. The zero-order valence-electron chi connectivity index (χ0n) is 16.2. The van der Waals surface area contributed by atoms with Crippen LogP contribution in [0.2, 0.25) is 0 Å². The summed E-state index contributed by atoms with van der Waals surface area (Å²) in [5.41, 5.74) is 0. The van der Waals surface area contributed by atoms with Gasteiger partial charge in [-0.2, -0.15) is 14.8 Å². The van der Waals surface area contributed by atoms with E-state index in [1.54, 1.807) is 4.31 Å². The van der Waals surface area contributed by atoms with Crippen molar-refractivity contribution in [2.24, 2.45) is 0 Å². The summed E-state index contributed by atoms with van der Waals surface area (Å²) in [4.78, 5) is 0. The van der Waals surface area contributed by atoms with Gasteiger partial charge in [0.05, 0.1) is 12.1 Å². The van der Waals surface area contributed by atoms with E-state index in [0.29, 0.717) is 25.9 Å². The maximum atomic E-state index is 12.1. The van der Waals surface area contributed by atoms with Gasteiger partial charge in [-0.3, -0.25) is 0 Å². The highest BCUT2D eigenvalue weighted by Gasteiger charge is 2.17. The van der Waals surface area contributed by atoms with Crippen molar-refractivity contribution in [1.82, 2.24) is 4.31 Å². The van der Waals surface area contributed by atoms with Gasteiger partial charge < -0.3 is 0 Å². The lowest BCUT2D eigenvalue weighted by Crippen LogP contribution is -2.31. The minimum atomic E-state index is -3.34. The third-order valence-corrected chi connectivity index (χ3v) is 5.97. The number of hydrogen-bond donors (Lipinski definition) is 0. The first kappa shape index (κ1) is 24.6. The summed E-state index contributed by atoms with van der Waals surface area (Å²) >= 11 is 0. The third-order valence-electron chi connectivity index (χ3n) is 4.46. The van der Waals surface area contributed by atoms with Crippen LogP contribution in [0, 0.1) is 22.7 Å². The first-order chi connectivity index (χ1) is 12.6. The molecule has 0 amide bonds. The predicted molar refractivity (Wildman–Crippen MR) is 107 cm³/mol. The zero-order valence-corrected chi connectivity index (χ0v) is 17.0. The highest BCUT2D eigenvalue weighted by atomic mass is 32.2. The fraction of sp³-hybridized carbons (Fsp3) is 0.800. The van der Waals surface area contributed by atoms with E-state index in [4.69, 9.17) is 10.5 Å². The van der Waals surface area contributed by atoms with Crippen molar-refractivity contribution in [2.75, 3.05) is 13.1 Å². The largest absolute Gasteiger partial charge is 0.235 e. The lowest BCUT2D eigenvalue weighted by Gasteiger charge is -2.20. The number of rotatable bonds is 18. The molecule has 0 rings (SSSR count). The van der Waals surface area contributed by atoms with E-state index < -0.39 is 10.0 Å². The maximum Gasteiger partial charge on any atom is 0.235 e. The Balaban J connectivity index is 3.92. The van der Waals surface area contributed by atoms with E-state index in [2.05, 4.69) is 18.7 Å². The number of nitriles is 2. The minimum Gasteiger partial charge on any atom is -0.208 e. The molecule has 0 saturated heterocycles. The zero-order chi connectivity index (χ0) is 19.5. The van der Waals surface area contributed by atoms with Crippen molar-refractivity contribution in [3.8, 4) is 12.1 Å². The smallest absolute Gasteiger partial charge is 0.208 e. The first-order valence-electron chi connectivity index (χ1n) is 9.95. The van der Waals surface area contributed by atoms with Gasteiger partial charge >= 0.3 is 0 Å². The van der Waals surface area contributed by atoms with Gasteiger partial charge in [-0.1, -0.05) is 57.9 Å². The fourth-order valence-corrected chi connectivity index (χ4v) is 3.85. The molecule has 26 heavy (non-hydrogen) atoms. The molecule has 0 aromatic heterocycles. The monoisotopic (exact) mass is 381 g/mol. The Morgan fingerprint density at radius 3 is 1.38 bits per heavy atom. The van der Waals surface area contributed by atoms with E-state index >= 15 is 0 Å². The van der Waals surface area contributed by atoms with Crippen molar-refractivity contribution < 1.29 is 8.42 Å². The van der Waals surface area contributed by atoms with E-state index in [1.807, 2.05) is 0 Å². The van der Waals surface area contributed by atoms with Gasteiger partial charge in [0.15, 0.2) is 0 Å². The van der Waals surface area contributed by atoms with E-state index in [1.165, 1.54) is 0 Å². The van der Waals surface area contributed by atoms with Crippen molar-refractivity contribution in [2.45, 2.75) is 89.9 Å². The van der Waals surface area contributed by atoms with Crippen molar-refractivity contribution in [3.63, 3.8) is 0 Å². The van der Waals surface area contributed by atoms with Crippen LogP contribution < -0.4 is 0 Å². The molecule has 0 aromatic rings. The molecule has 0 fully saturated rings. The fourth-order valence-electron chi connectivity index (χ4n) is 2.87. The van der Waals surface area contributed by atoms with Crippen LogP contribution in [0.25, 0.3) is 0 Å². The summed E-state index contributed by atoms with van der Waals surface area (Å²) in [6.45, 7) is 4.57. The molecule has 0 N–H and O–H groups in total. The SMILES string of the molecule is C=CS(=O)(=O)N(CCCCCCCCC#N)CCCCCCCCC#N. The Morgan fingerprint density at radius 2 is 1.04 bits per heavy atom. The van der Waals surface area contributed by atoms with Crippen molar-refractivity contribution >= 4 is 10.0 Å². The van der Waals surface area contributed by atoms with E-state index in [9.17, 15) is 8.42 Å². The normalized spacial score (nSPS) is 11.2. The van der Waals surface area contributed by atoms with Crippen LogP contribution >= 0.6 is 0 Å². The Bertz CT molecular complexity index is 502. The molecule has 0 spiro atoms. The number of unbranched alkanes of at least 4 members (excludes halogenated alkanes) is 12. The van der Waals surface area contributed by atoms with Crippen LogP contribution in [0.5, 0.6) is 0 Å². The van der Waals surface area contributed by atoms with Gasteiger partial charge in [-0.15, -0.1) is 0 Å². The third kappa shape index (κ3) is 13.9. The summed E-state index contributed by atoms with van der Waals surface area (Å²) in [5.74, 6) is 0. The molecule has 0 bridgehead atoms. The maximum absolute atomic E-state index is 12.1. The quantitative estimate of drug-likeness (QED) is 0.303. The van der Waals surface area contributed by atoms with E-state index in [-0.39, 0.29) is 0 Å². The van der Waals surface area contributed by atoms with Gasteiger partial charge in [0.25, 0.3) is 0 Å². The summed E-state index contributed by atoms with van der Waals surface area (Å²) < 4.78 is 25.8. The van der Waals surface area contributed by atoms with Crippen molar-refractivity contribution in [3.05, 3.63) is 12.0 Å². The average Bonchev–Trinajstić information content (AvgIpc) is 2.64. The Kier molecular flexibility index (Phi) is 16.2. The minimum absolute atomic E-state index is 0.564. The molecular formula is C20H35N3O2S. The molecule has 0 saturated carbocycles. The molecule has 0 aliphatic carbocycles. The van der Waals surface area contributed by atoms with Crippen LogP contribution in [0.15, 0.2) is 12.0 Å². The molecular weight excluding hydrogens is 346 g/mol. The second-order valence-corrected chi connectivity index (χ2v) is 8.55. The lowest BCUT2D eigenvalue weighted by molar-refractivity contribution is 0.388. The van der Waals surface area contributed by atoms with E-state index in [0.717, 1.165) is 82.5 Å². The second-order valence-electron chi connectivity index (χ2n) is 6.67.